The predicted octanol–water partition coefficient (Wildman–Crippen LogP) is 4.89. The fraction of sp³-hybridized carbons (Fsp3) is 0.333. The Bertz CT molecular complexity index is 1030. The average molecular weight is 398 g/mol. The van der Waals surface area contributed by atoms with Crippen LogP contribution in [0.15, 0.2) is 84.2 Å². The monoisotopic (exact) mass is 397 g/mol. The van der Waals surface area contributed by atoms with Gasteiger partial charge in [0.15, 0.2) is 0 Å². The van der Waals surface area contributed by atoms with Gasteiger partial charge in [-0.2, -0.15) is 0 Å². The number of nitrogens with zero attached hydrogens (tertiary/aromatic N) is 1. The number of rotatable bonds is 3. The molecule has 2 aliphatic heterocycles. The summed E-state index contributed by atoms with van der Waals surface area (Å²) in [7, 11) is 0. The molecule has 0 bridgehead atoms. The first-order chi connectivity index (χ1) is 14.1. The zero-order chi connectivity index (χ0) is 21.9. The molecule has 1 saturated heterocycles. The molecule has 154 valence electrons. The van der Waals surface area contributed by atoms with Crippen LogP contribution in [0.3, 0.4) is 0 Å². The molecular formula is C27H31N3. The first kappa shape index (κ1) is 21.4. The van der Waals surface area contributed by atoms with Crippen molar-refractivity contribution in [1.82, 2.24) is 15.5 Å². The summed E-state index contributed by atoms with van der Waals surface area (Å²) in [4.78, 5) is 2.16. The maximum atomic E-state index is 4.34. The summed E-state index contributed by atoms with van der Waals surface area (Å²) >= 11 is 0. The highest BCUT2D eigenvalue weighted by Gasteiger charge is 2.43. The van der Waals surface area contributed by atoms with Gasteiger partial charge in [0.05, 0.1) is 12.4 Å². The van der Waals surface area contributed by atoms with E-state index in [1.165, 1.54) is 0 Å². The highest BCUT2D eigenvalue weighted by Crippen LogP contribution is 2.35. The van der Waals surface area contributed by atoms with Gasteiger partial charge in [-0.3, -0.25) is 0 Å². The van der Waals surface area contributed by atoms with Crippen molar-refractivity contribution in [1.29, 1.82) is 0 Å². The lowest BCUT2D eigenvalue weighted by atomic mass is 9.83. The summed E-state index contributed by atoms with van der Waals surface area (Å²) < 4.78 is 0. The van der Waals surface area contributed by atoms with Gasteiger partial charge >= 0.3 is 0 Å². The zero-order valence-electron chi connectivity index (χ0n) is 18.6. The molecule has 1 fully saturated rings. The maximum Gasteiger partial charge on any atom is 0.121 e. The molecule has 1 unspecified atom stereocenters. The van der Waals surface area contributed by atoms with E-state index in [0.29, 0.717) is 19.4 Å². The molecule has 30 heavy (non-hydrogen) atoms. The Morgan fingerprint density at radius 3 is 2.67 bits per heavy atom. The standard InChI is InChI=1S/C27H31N3/c1-20-12-11-17-30(21(20)2)19-27(22(3)28-23(4)29-27)25-14-10-8-9-13-24(18-25)15-16-26(5,6)7/h11-12,14,17-18,28-29H,2-4,10,13,19H2,1,5-7H3/b24-18+,25-14+. The second-order valence-corrected chi connectivity index (χ2v) is 8.94. The summed E-state index contributed by atoms with van der Waals surface area (Å²) in [5.74, 6) is 13.9. The Morgan fingerprint density at radius 1 is 1.23 bits per heavy atom. The lowest BCUT2D eigenvalue weighted by molar-refractivity contribution is 0.367. The molecule has 3 nitrogen and oxygen atoms in total. The van der Waals surface area contributed by atoms with Crippen molar-refractivity contribution in [2.45, 2.75) is 46.1 Å². The highest BCUT2D eigenvalue weighted by molar-refractivity contribution is 5.52. The normalized spacial score (nSPS) is 27.0. The van der Waals surface area contributed by atoms with Crippen LogP contribution in [0, 0.1) is 29.1 Å². The number of hydrogen-bond acceptors (Lipinski definition) is 3. The minimum absolute atomic E-state index is 0.0660. The van der Waals surface area contributed by atoms with Crippen LogP contribution in [0.2, 0.25) is 0 Å². The second-order valence-electron chi connectivity index (χ2n) is 8.94. The van der Waals surface area contributed by atoms with Crippen molar-refractivity contribution < 1.29 is 0 Å². The molecule has 0 amide bonds. The molecule has 2 heterocycles. The Morgan fingerprint density at radius 2 is 2.00 bits per heavy atom. The van der Waals surface area contributed by atoms with E-state index >= 15 is 0 Å². The first-order valence-electron chi connectivity index (χ1n) is 10.3. The second kappa shape index (κ2) is 8.21. The van der Waals surface area contributed by atoms with Gasteiger partial charge < -0.3 is 15.5 Å². The van der Waals surface area contributed by atoms with E-state index in [2.05, 4.69) is 111 Å². The zero-order valence-corrected chi connectivity index (χ0v) is 18.6. The summed E-state index contributed by atoms with van der Waals surface area (Å²) in [6.07, 6.45) is 11.9. The molecule has 0 radical (unpaired) electrons. The van der Waals surface area contributed by atoms with Crippen LogP contribution >= 0.6 is 0 Å². The van der Waals surface area contributed by atoms with E-state index in [4.69, 9.17) is 0 Å². The Balaban J connectivity index is 2.05. The fourth-order valence-corrected chi connectivity index (χ4v) is 3.57. The molecule has 3 aliphatic rings. The van der Waals surface area contributed by atoms with Crippen molar-refractivity contribution in [2.24, 2.45) is 5.41 Å². The van der Waals surface area contributed by atoms with Crippen LogP contribution in [0.5, 0.6) is 0 Å². The minimum atomic E-state index is -0.560. The van der Waals surface area contributed by atoms with Crippen LogP contribution in [-0.4, -0.2) is 17.0 Å². The van der Waals surface area contributed by atoms with Gasteiger partial charge in [0, 0.05) is 41.4 Å². The van der Waals surface area contributed by atoms with E-state index in [0.717, 1.165) is 33.9 Å². The van der Waals surface area contributed by atoms with Gasteiger partial charge in [0.2, 0.25) is 0 Å². The van der Waals surface area contributed by atoms with E-state index in [1.54, 1.807) is 0 Å². The SMILES string of the molecule is C=C1NC(=C)C(CN2C=CC=C(C)C2=C)(C2=C/CC#CC/C(C#CC(C)(C)C)=C\2)N1. The molecule has 0 aromatic heterocycles. The molecule has 2 N–H and O–H groups in total. The van der Waals surface area contributed by atoms with Crippen LogP contribution in [0.25, 0.3) is 0 Å². The van der Waals surface area contributed by atoms with Crippen molar-refractivity contribution in [3.05, 3.63) is 84.2 Å². The topological polar surface area (TPSA) is 27.3 Å². The smallest absolute Gasteiger partial charge is 0.121 e. The van der Waals surface area contributed by atoms with Gasteiger partial charge in [-0.15, -0.1) is 0 Å². The molecule has 3 heteroatoms. The largest absolute Gasteiger partial charge is 0.356 e. The number of nitrogens with one attached hydrogen (secondary N) is 2. The molecule has 0 aromatic rings. The van der Waals surface area contributed by atoms with Crippen LogP contribution in [0.4, 0.5) is 0 Å². The summed E-state index contributed by atoms with van der Waals surface area (Å²) in [5.41, 5.74) is 4.47. The summed E-state index contributed by atoms with van der Waals surface area (Å²) in [6.45, 7) is 21.8. The van der Waals surface area contributed by atoms with Crippen LogP contribution < -0.4 is 10.6 Å². The molecule has 0 aromatic carbocycles. The van der Waals surface area contributed by atoms with Crippen molar-refractivity contribution >= 4 is 0 Å². The Labute approximate surface area is 181 Å². The van der Waals surface area contributed by atoms with Gasteiger partial charge in [0.1, 0.15) is 5.54 Å². The number of hydrogen-bond donors (Lipinski definition) is 2. The highest BCUT2D eigenvalue weighted by atomic mass is 15.3. The van der Waals surface area contributed by atoms with Gasteiger partial charge in [-0.1, -0.05) is 55.6 Å². The molecule has 0 spiro atoms. The lowest BCUT2D eigenvalue weighted by Gasteiger charge is -2.38. The van der Waals surface area contributed by atoms with E-state index in [9.17, 15) is 0 Å². The lowest BCUT2D eigenvalue weighted by Crippen LogP contribution is -2.50. The minimum Gasteiger partial charge on any atom is -0.356 e. The summed E-state index contributed by atoms with van der Waals surface area (Å²) in [6, 6.07) is 0. The van der Waals surface area contributed by atoms with Gasteiger partial charge in [0.25, 0.3) is 0 Å². The fourth-order valence-electron chi connectivity index (χ4n) is 3.57. The van der Waals surface area contributed by atoms with Gasteiger partial charge in [-0.05, 0) is 51.0 Å². The van der Waals surface area contributed by atoms with Crippen molar-refractivity contribution in [3.8, 4) is 23.7 Å². The van der Waals surface area contributed by atoms with E-state index < -0.39 is 5.54 Å². The molecule has 0 saturated carbocycles. The summed E-state index contributed by atoms with van der Waals surface area (Å²) in [5, 5.41) is 6.85. The number of allylic oxidation sites excluding steroid dienone is 5. The molecule has 1 atom stereocenters. The molecular weight excluding hydrogens is 366 g/mol. The van der Waals surface area contributed by atoms with E-state index in [-0.39, 0.29) is 5.41 Å². The third-order valence-electron chi connectivity index (χ3n) is 5.25. The molecule has 1 aliphatic carbocycles. The van der Waals surface area contributed by atoms with Gasteiger partial charge in [-0.25, -0.2) is 0 Å². The van der Waals surface area contributed by atoms with E-state index in [1.807, 2.05) is 6.08 Å². The quantitative estimate of drug-likeness (QED) is 0.664. The van der Waals surface area contributed by atoms with Crippen molar-refractivity contribution in [2.75, 3.05) is 6.54 Å². The third kappa shape index (κ3) is 4.64. The Hall–Kier alpha value is -3.30. The third-order valence-corrected chi connectivity index (χ3v) is 5.25. The van der Waals surface area contributed by atoms with Crippen LogP contribution in [-0.2, 0) is 0 Å². The Kier molecular flexibility index (Phi) is 5.86. The first-order valence-corrected chi connectivity index (χ1v) is 10.3. The van der Waals surface area contributed by atoms with Crippen LogP contribution in [0.1, 0.15) is 40.5 Å². The predicted molar refractivity (Wildman–Crippen MR) is 126 cm³/mol. The average Bonchev–Trinajstić information content (AvgIpc) is 2.91. The maximum absolute atomic E-state index is 4.34. The molecule has 3 rings (SSSR count). The van der Waals surface area contributed by atoms with Crippen molar-refractivity contribution in [3.63, 3.8) is 0 Å².